The Balaban J connectivity index is 1.39. The smallest absolute Gasteiger partial charge is 0.267 e. The van der Waals surface area contributed by atoms with E-state index in [1.54, 1.807) is 30.6 Å². The summed E-state index contributed by atoms with van der Waals surface area (Å²) in [6.45, 7) is 0. The molecule has 0 unspecified atom stereocenters. The lowest BCUT2D eigenvalue weighted by molar-refractivity contribution is -0.112. The van der Waals surface area contributed by atoms with E-state index in [9.17, 15) is 10.1 Å². The molecule has 146 valence electrons. The molecule has 7 heteroatoms. The van der Waals surface area contributed by atoms with Crippen LogP contribution in [0, 0.1) is 11.3 Å². The summed E-state index contributed by atoms with van der Waals surface area (Å²) < 4.78 is 5.73. The molecular formula is C23H17N5O2. The zero-order valence-electron chi connectivity index (χ0n) is 15.8. The molecule has 7 nitrogen and oxygen atoms in total. The van der Waals surface area contributed by atoms with Gasteiger partial charge in [-0.05, 0) is 54.6 Å². The van der Waals surface area contributed by atoms with Crippen molar-refractivity contribution in [3.05, 3.63) is 90.9 Å². The molecule has 0 bridgehead atoms. The number of H-pyrrole nitrogens is 1. The highest BCUT2D eigenvalue weighted by atomic mass is 16.5. The molecule has 0 saturated carbocycles. The highest BCUT2D eigenvalue weighted by Gasteiger charge is 2.10. The summed E-state index contributed by atoms with van der Waals surface area (Å²) in [5.41, 5.74) is 2.93. The summed E-state index contributed by atoms with van der Waals surface area (Å²) in [5.74, 6) is 0.860. The molecule has 0 aliphatic carbocycles. The summed E-state index contributed by atoms with van der Waals surface area (Å²) in [4.78, 5) is 19.6. The van der Waals surface area contributed by atoms with Crippen molar-refractivity contribution < 1.29 is 9.53 Å². The molecule has 30 heavy (non-hydrogen) atoms. The fourth-order valence-electron chi connectivity index (χ4n) is 2.76. The molecule has 0 atom stereocenters. The Hall–Kier alpha value is -4.57. The fourth-order valence-corrected chi connectivity index (χ4v) is 2.76. The topological polar surface area (TPSA) is 103 Å². The summed E-state index contributed by atoms with van der Waals surface area (Å²) >= 11 is 0. The maximum Gasteiger partial charge on any atom is 0.267 e. The number of amides is 1. The van der Waals surface area contributed by atoms with Crippen LogP contribution in [0.5, 0.6) is 11.5 Å². The van der Waals surface area contributed by atoms with Gasteiger partial charge in [0.05, 0.1) is 17.4 Å². The quantitative estimate of drug-likeness (QED) is 0.321. The molecule has 0 saturated heterocycles. The number of rotatable bonds is 6. The first-order valence-corrected chi connectivity index (χ1v) is 9.15. The number of hydrogen-bond donors (Lipinski definition) is 3. The Labute approximate surface area is 172 Å². The number of nitrogens with one attached hydrogen (secondary N) is 3. The predicted molar refractivity (Wildman–Crippen MR) is 115 cm³/mol. The van der Waals surface area contributed by atoms with Crippen LogP contribution in [0.3, 0.4) is 0 Å². The first-order chi connectivity index (χ1) is 14.7. The molecule has 1 amide bonds. The molecule has 1 heterocycles. The van der Waals surface area contributed by atoms with Crippen LogP contribution in [0.1, 0.15) is 0 Å². The number of aromatic amines is 1. The first-order valence-electron chi connectivity index (χ1n) is 9.15. The van der Waals surface area contributed by atoms with Crippen LogP contribution in [0.25, 0.3) is 11.0 Å². The Kier molecular flexibility index (Phi) is 5.40. The normalized spacial score (nSPS) is 11.0. The van der Waals surface area contributed by atoms with E-state index in [4.69, 9.17) is 4.74 Å². The van der Waals surface area contributed by atoms with Gasteiger partial charge in [-0.25, -0.2) is 4.98 Å². The van der Waals surface area contributed by atoms with Crippen molar-refractivity contribution in [1.82, 2.24) is 9.97 Å². The minimum Gasteiger partial charge on any atom is -0.457 e. The zero-order chi connectivity index (χ0) is 20.8. The number of anilines is 2. The van der Waals surface area contributed by atoms with Crippen LogP contribution in [-0.4, -0.2) is 15.9 Å². The summed E-state index contributed by atoms with van der Waals surface area (Å²) in [5, 5.41) is 15.0. The number of imidazole rings is 1. The van der Waals surface area contributed by atoms with Gasteiger partial charge in [-0.2, -0.15) is 5.26 Å². The largest absolute Gasteiger partial charge is 0.457 e. The second-order valence-corrected chi connectivity index (χ2v) is 6.34. The molecule has 0 spiro atoms. The third kappa shape index (κ3) is 4.46. The second-order valence-electron chi connectivity index (χ2n) is 6.34. The Morgan fingerprint density at radius 3 is 2.50 bits per heavy atom. The third-order valence-corrected chi connectivity index (χ3v) is 4.26. The maximum absolute atomic E-state index is 12.4. The zero-order valence-corrected chi connectivity index (χ0v) is 15.8. The molecular weight excluding hydrogens is 378 g/mol. The number of hydrogen-bond acceptors (Lipinski definition) is 5. The number of carbonyl (C=O) groups is 1. The molecule has 4 aromatic rings. The number of aromatic nitrogens is 2. The second kappa shape index (κ2) is 8.63. The van der Waals surface area contributed by atoms with Crippen molar-refractivity contribution in [2.45, 2.75) is 0 Å². The lowest BCUT2D eigenvalue weighted by Gasteiger charge is -2.08. The lowest BCUT2D eigenvalue weighted by atomic mass is 10.2. The van der Waals surface area contributed by atoms with Gasteiger partial charge in [-0.3, -0.25) is 4.79 Å². The van der Waals surface area contributed by atoms with Crippen LogP contribution < -0.4 is 15.4 Å². The van der Waals surface area contributed by atoms with Gasteiger partial charge in [0.25, 0.3) is 5.91 Å². The number of ether oxygens (including phenoxy) is 1. The first kappa shape index (κ1) is 18.8. The molecule has 4 rings (SSSR count). The number of carbonyl (C=O) groups excluding carboxylic acids is 1. The number of nitriles is 1. The van der Waals surface area contributed by atoms with Crippen LogP contribution in [0.15, 0.2) is 90.9 Å². The number of fused-ring (bicyclic) bond motifs is 1. The minimum atomic E-state index is -0.510. The van der Waals surface area contributed by atoms with E-state index in [0.29, 0.717) is 11.4 Å². The standard InChI is InChI=1S/C23H17N5O2/c24-13-16(14-25-18-8-11-21-22(12-18)27-15-26-21)23(29)28-17-6-9-20(10-7-17)30-19-4-2-1-3-5-19/h1-12,14-15,25H,(H,26,27)(H,28,29)/b16-14-. The van der Waals surface area contributed by atoms with Gasteiger partial charge in [0.2, 0.25) is 0 Å². The lowest BCUT2D eigenvalue weighted by Crippen LogP contribution is -2.14. The van der Waals surface area contributed by atoms with Crippen LogP contribution in [-0.2, 0) is 4.79 Å². The van der Waals surface area contributed by atoms with Gasteiger partial charge in [0.15, 0.2) is 0 Å². The van der Waals surface area contributed by atoms with Crippen LogP contribution in [0.4, 0.5) is 11.4 Å². The van der Waals surface area contributed by atoms with Crippen molar-refractivity contribution in [3.8, 4) is 17.6 Å². The van der Waals surface area contributed by atoms with Gasteiger partial charge in [0, 0.05) is 17.6 Å². The molecule has 0 radical (unpaired) electrons. The molecule has 3 aromatic carbocycles. The summed E-state index contributed by atoms with van der Waals surface area (Å²) in [7, 11) is 0. The van der Waals surface area contributed by atoms with E-state index in [1.807, 2.05) is 54.6 Å². The fraction of sp³-hybridized carbons (Fsp3) is 0. The minimum absolute atomic E-state index is 0.0516. The molecule has 0 aliphatic rings. The molecule has 0 fully saturated rings. The highest BCUT2D eigenvalue weighted by molar-refractivity contribution is 6.06. The van der Waals surface area contributed by atoms with Gasteiger partial charge in [-0.1, -0.05) is 18.2 Å². The van der Waals surface area contributed by atoms with Crippen molar-refractivity contribution in [1.29, 1.82) is 5.26 Å². The Morgan fingerprint density at radius 2 is 1.73 bits per heavy atom. The van der Waals surface area contributed by atoms with Gasteiger partial charge in [0.1, 0.15) is 23.1 Å². The number of benzene rings is 3. The van der Waals surface area contributed by atoms with Crippen molar-refractivity contribution in [3.63, 3.8) is 0 Å². The van der Waals surface area contributed by atoms with Gasteiger partial charge in [-0.15, -0.1) is 0 Å². The number of para-hydroxylation sites is 1. The van der Waals surface area contributed by atoms with Crippen molar-refractivity contribution in [2.24, 2.45) is 0 Å². The molecule has 1 aromatic heterocycles. The van der Waals surface area contributed by atoms with E-state index < -0.39 is 5.91 Å². The average molecular weight is 395 g/mol. The highest BCUT2D eigenvalue weighted by Crippen LogP contribution is 2.23. The average Bonchev–Trinajstić information content (AvgIpc) is 3.24. The predicted octanol–water partition coefficient (Wildman–Crippen LogP) is 4.81. The monoisotopic (exact) mass is 395 g/mol. The van der Waals surface area contributed by atoms with E-state index >= 15 is 0 Å². The Bertz CT molecular complexity index is 1240. The summed E-state index contributed by atoms with van der Waals surface area (Å²) in [6.07, 6.45) is 2.98. The van der Waals surface area contributed by atoms with Crippen molar-refractivity contribution in [2.75, 3.05) is 10.6 Å². The van der Waals surface area contributed by atoms with Crippen LogP contribution in [0.2, 0.25) is 0 Å². The maximum atomic E-state index is 12.4. The van der Waals surface area contributed by atoms with Crippen molar-refractivity contribution >= 4 is 28.3 Å². The SMILES string of the molecule is N#C/C(=C/Nc1ccc2nc[nH]c2c1)C(=O)Nc1ccc(Oc2ccccc2)cc1. The Morgan fingerprint density at radius 1 is 1.00 bits per heavy atom. The molecule has 0 aliphatic heterocycles. The van der Waals surface area contributed by atoms with Crippen LogP contribution >= 0.6 is 0 Å². The van der Waals surface area contributed by atoms with E-state index in [1.165, 1.54) is 6.20 Å². The summed E-state index contributed by atoms with van der Waals surface area (Å²) in [6, 6.07) is 23.7. The van der Waals surface area contributed by atoms with Gasteiger partial charge < -0.3 is 20.4 Å². The van der Waals surface area contributed by atoms with Gasteiger partial charge >= 0.3 is 0 Å². The number of nitrogens with zero attached hydrogens (tertiary/aromatic N) is 2. The van der Waals surface area contributed by atoms with E-state index in [-0.39, 0.29) is 5.57 Å². The van der Waals surface area contributed by atoms with E-state index in [0.717, 1.165) is 22.5 Å². The molecule has 3 N–H and O–H groups in total. The van der Waals surface area contributed by atoms with E-state index in [2.05, 4.69) is 20.6 Å². The third-order valence-electron chi connectivity index (χ3n) is 4.26.